The number of para-hydroxylation sites is 1. The normalized spacial score (nSPS) is 29.8. The Balaban J connectivity index is 1.41. The third-order valence-corrected chi connectivity index (χ3v) is 7.09. The molecule has 2 heterocycles. The number of carbonyl (C=O) groups is 1. The first kappa shape index (κ1) is 17.0. The summed E-state index contributed by atoms with van der Waals surface area (Å²) in [5.74, 6) is 0.841. The van der Waals surface area contributed by atoms with E-state index in [0.29, 0.717) is 24.5 Å². The lowest BCUT2D eigenvalue weighted by Gasteiger charge is -2.30. The lowest BCUT2D eigenvalue weighted by atomic mass is 9.86. The number of hydrogen-bond donors (Lipinski definition) is 2. The second-order valence-corrected chi connectivity index (χ2v) is 8.80. The molecule has 4 rings (SSSR count). The Bertz CT molecular complexity index is 710. The molecular weight excluding hydrogens is 330 g/mol. The number of rotatable bonds is 4. The van der Waals surface area contributed by atoms with Crippen molar-refractivity contribution < 1.29 is 9.69 Å². The van der Waals surface area contributed by atoms with Crippen LogP contribution in [0.3, 0.4) is 0 Å². The Hall–Kier alpha value is -1.46. The van der Waals surface area contributed by atoms with Crippen LogP contribution >= 0.6 is 11.3 Å². The molecule has 1 amide bonds. The fraction of sp³-hybridized carbons (Fsp3) is 0.600. The zero-order valence-electron chi connectivity index (χ0n) is 15.0. The monoisotopic (exact) mass is 358 g/mol. The van der Waals surface area contributed by atoms with Gasteiger partial charge in [0, 0.05) is 18.9 Å². The first-order valence-corrected chi connectivity index (χ1v) is 10.5. The summed E-state index contributed by atoms with van der Waals surface area (Å²) in [4.78, 5) is 18.8. The van der Waals surface area contributed by atoms with Gasteiger partial charge in [-0.2, -0.15) is 0 Å². The van der Waals surface area contributed by atoms with E-state index in [-0.39, 0.29) is 5.91 Å². The van der Waals surface area contributed by atoms with Crippen molar-refractivity contribution >= 4 is 27.5 Å². The Morgan fingerprint density at radius 1 is 1.24 bits per heavy atom. The van der Waals surface area contributed by atoms with E-state index in [9.17, 15) is 4.79 Å². The number of nitrogens with zero attached hydrogens (tertiary/aromatic N) is 1. The maximum atomic E-state index is 12.6. The van der Waals surface area contributed by atoms with Crippen molar-refractivity contribution in [2.24, 2.45) is 5.92 Å². The van der Waals surface area contributed by atoms with Crippen molar-refractivity contribution in [3.63, 3.8) is 0 Å². The molecule has 1 aliphatic carbocycles. The van der Waals surface area contributed by atoms with Gasteiger partial charge in [0.05, 0.1) is 16.8 Å². The Kier molecular flexibility index (Phi) is 5.04. The van der Waals surface area contributed by atoms with E-state index in [1.165, 1.54) is 40.3 Å². The zero-order chi connectivity index (χ0) is 17.2. The van der Waals surface area contributed by atoms with Crippen LogP contribution in [0.15, 0.2) is 24.3 Å². The largest absolute Gasteiger partial charge is 0.348 e. The average Bonchev–Trinajstić information content (AvgIpc) is 3.23. The predicted octanol–water partition coefficient (Wildman–Crippen LogP) is 2.71. The molecule has 0 spiro atoms. The summed E-state index contributed by atoms with van der Waals surface area (Å²) in [7, 11) is 0. The number of carbonyl (C=O) groups excluding carboxylic acids is 1. The van der Waals surface area contributed by atoms with E-state index in [1.807, 2.05) is 6.07 Å². The number of likely N-dealkylation sites (tertiary alicyclic amines) is 1. The minimum Gasteiger partial charge on any atom is -0.348 e. The van der Waals surface area contributed by atoms with E-state index >= 15 is 0 Å². The summed E-state index contributed by atoms with van der Waals surface area (Å²) >= 11 is 1.80. The molecule has 4 nitrogen and oxygen atoms in total. The minimum atomic E-state index is 0.224. The molecule has 4 atom stereocenters. The van der Waals surface area contributed by atoms with Gasteiger partial charge in [-0.1, -0.05) is 31.9 Å². The van der Waals surface area contributed by atoms with Crippen molar-refractivity contribution in [2.75, 3.05) is 13.1 Å². The van der Waals surface area contributed by atoms with E-state index in [4.69, 9.17) is 4.98 Å². The number of amides is 1. The van der Waals surface area contributed by atoms with Crippen molar-refractivity contribution in [1.82, 2.24) is 10.3 Å². The van der Waals surface area contributed by atoms with Crippen LogP contribution in [-0.2, 0) is 4.79 Å². The van der Waals surface area contributed by atoms with Gasteiger partial charge < -0.3 is 10.2 Å². The third kappa shape index (κ3) is 3.72. The molecule has 1 saturated carbocycles. The Labute approximate surface area is 153 Å². The Morgan fingerprint density at radius 3 is 2.92 bits per heavy atom. The summed E-state index contributed by atoms with van der Waals surface area (Å²) < 4.78 is 1.25. The molecule has 2 fully saturated rings. The summed E-state index contributed by atoms with van der Waals surface area (Å²) in [5, 5.41) is 4.52. The Morgan fingerprint density at radius 2 is 2.08 bits per heavy atom. The fourth-order valence-corrected chi connectivity index (χ4v) is 5.62. The van der Waals surface area contributed by atoms with E-state index in [0.717, 1.165) is 24.9 Å². The number of benzene rings is 1. The standard InChI is InChI=1S/C20H27N3OS/c1-14-7-2-3-8-15(14)21-19(24)13-23-12-6-10-17(23)20-22-16-9-4-5-11-18(16)25-20/h4-5,9,11,14-15,17H,2-3,6-8,10,12-13H2,1H3,(H,21,24)/p+1/t14-,15+,17-/m1/s1. The lowest BCUT2D eigenvalue weighted by molar-refractivity contribution is -0.910. The highest BCUT2D eigenvalue weighted by molar-refractivity contribution is 7.18. The molecule has 2 N–H and O–H groups in total. The SMILES string of the molecule is C[C@@H]1CCCC[C@@H]1NC(=O)C[NH+]1CCC[C@@H]1c1nc2ccccc2s1. The molecule has 1 aromatic heterocycles. The minimum absolute atomic E-state index is 0.224. The number of aromatic nitrogens is 1. The maximum absolute atomic E-state index is 12.6. The average molecular weight is 359 g/mol. The number of quaternary nitrogens is 1. The zero-order valence-corrected chi connectivity index (χ0v) is 15.8. The summed E-state index contributed by atoms with van der Waals surface area (Å²) in [6.07, 6.45) is 7.27. The molecule has 1 aliphatic heterocycles. The van der Waals surface area contributed by atoms with Crippen LogP contribution in [0.4, 0.5) is 0 Å². The van der Waals surface area contributed by atoms with Crippen LogP contribution in [0, 0.1) is 5.92 Å². The molecule has 2 aromatic rings. The van der Waals surface area contributed by atoms with Gasteiger partial charge in [-0.05, 0) is 30.9 Å². The quantitative estimate of drug-likeness (QED) is 0.883. The van der Waals surface area contributed by atoms with Crippen LogP contribution in [0.1, 0.15) is 56.5 Å². The van der Waals surface area contributed by atoms with E-state index in [2.05, 4.69) is 30.4 Å². The lowest BCUT2D eigenvalue weighted by Crippen LogP contribution is -3.11. The molecule has 1 aromatic carbocycles. The molecule has 1 saturated heterocycles. The van der Waals surface area contributed by atoms with Crippen molar-refractivity contribution in [2.45, 2.75) is 57.5 Å². The van der Waals surface area contributed by atoms with Gasteiger partial charge in [0.25, 0.3) is 5.91 Å². The van der Waals surface area contributed by atoms with Gasteiger partial charge in [0.1, 0.15) is 6.04 Å². The first-order chi connectivity index (χ1) is 12.2. The highest BCUT2D eigenvalue weighted by atomic mass is 32.1. The van der Waals surface area contributed by atoms with Crippen molar-refractivity contribution in [3.8, 4) is 0 Å². The van der Waals surface area contributed by atoms with Crippen molar-refractivity contribution in [3.05, 3.63) is 29.3 Å². The predicted molar refractivity (Wildman–Crippen MR) is 102 cm³/mol. The first-order valence-electron chi connectivity index (χ1n) is 9.70. The molecule has 0 bridgehead atoms. The second kappa shape index (κ2) is 7.42. The van der Waals surface area contributed by atoms with Gasteiger partial charge in [-0.3, -0.25) is 4.79 Å². The topological polar surface area (TPSA) is 46.4 Å². The third-order valence-electron chi connectivity index (χ3n) is 5.94. The van der Waals surface area contributed by atoms with Crippen LogP contribution in [0.2, 0.25) is 0 Å². The summed E-state index contributed by atoms with van der Waals surface area (Å²) in [6, 6.07) is 9.10. The highest BCUT2D eigenvalue weighted by Gasteiger charge is 2.34. The molecule has 2 aliphatic rings. The smallest absolute Gasteiger partial charge is 0.275 e. The highest BCUT2D eigenvalue weighted by Crippen LogP contribution is 2.28. The maximum Gasteiger partial charge on any atom is 0.275 e. The summed E-state index contributed by atoms with van der Waals surface area (Å²) in [6.45, 7) is 3.94. The molecule has 134 valence electrons. The summed E-state index contributed by atoms with van der Waals surface area (Å²) in [5.41, 5.74) is 1.09. The molecule has 1 unspecified atom stereocenters. The molecule has 0 radical (unpaired) electrons. The number of thiazole rings is 1. The molecule has 5 heteroatoms. The van der Waals surface area contributed by atoms with Crippen molar-refractivity contribution in [1.29, 1.82) is 0 Å². The second-order valence-electron chi connectivity index (χ2n) is 7.74. The van der Waals surface area contributed by atoms with Gasteiger partial charge in [-0.25, -0.2) is 4.98 Å². The van der Waals surface area contributed by atoms with Gasteiger partial charge >= 0.3 is 0 Å². The van der Waals surface area contributed by atoms with Gasteiger partial charge in [0.2, 0.25) is 0 Å². The van der Waals surface area contributed by atoms with Crippen LogP contribution in [-0.4, -0.2) is 30.0 Å². The number of nitrogens with one attached hydrogen (secondary N) is 2. The van der Waals surface area contributed by atoms with E-state index in [1.54, 1.807) is 11.3 Å². The molecule has 25 heavy (non-hydrogen) atoms. The van der Waals surface area contributed by atoms with Crippen LogP contribution in [0.5, 0.6) is 0 Å². The van der Waals surface area contributed by atoms with Gasteiger partial charge in [-0.15, -0.1) is 11.3 Å². The fourth-order valence-electron chi connectivity index (χ4n) is 4.46. The van der Waals surface area contributed by atoms with Crippen LogP contribution < -0.4 is 10.2 Å². The van der Waals surface area contributed by atoms with Gasteiger partial charge in [0.15, 0.2) is 11.6 Å². The van der Waals surface area contributed by atoms with E-state index < -0.39 is 0 Å². The number of hydrogen-bond acceptors (Lipinski definition) is 3. The van der Waals surface area contributed by atoms with Crippen LogP contribution in [0.25, 0.3) is 10.2 Å². The number of fused-ring (bicyclic) bond motifs is 1. The molecular formula is C20H28N3OS+.